The lowest BCUT2D eigenvalue weighted by Crippen LogP contribution is -2.25. The molecule has 2 heterocycles. The number of aromatic nitrogens is 5. The molecule has 1 amide bonds. The summed E-state index contributed by atoms with van der Waals surface area (Å²) >= 11 is 0. The fraction of sp³-hybridized carbons (Fsp3) is 0.235. The highest BCUT2D eigenvalue weighted by Crippen LogP contribution is 2.15. The van der Waals surface area contributed by atoms with E-state index in [1.54, 1.807) is 36.4 Å². The Kier molecular flexibility index (Phi) is 5.71. The Labute approximate surface area is 150 Å². The zero-order valence-corrected chi connectivity index (χ0v) is 14.3. The van der Waals surface area contributed by atoms with Crippen LogP contribution in [0.1, 0.15) is 12.1 Å². The van der Waals surface area contributed by atoms with E-state index in [-0.39, 0.29) is 5.91 Å². The highest BCUT2D eigenvalue weighted by molar-refractivity contribution is 5.76. The average molecular weight is 353 g/mol. The van der Waals surface area contributed by atoms with E-state index in [1.165, 1.54) is 0 Å². The van der Waals surface area contributed by atoms with Gasteiger partial charge in [0.15, 0.2) is 0 Å². The van der Waals surface area contributed by atoms with Crippen molar-refractivity contribution in [2.45, 2.75) is 13.0 Å². The van der Waals surface area contributed by atoms with Crippen LogP contribution < -0.4 is 15.4 Å². The van der Waals surface area contributed by atoms with Crippen molar-refractivity contribution in [2.75, 3.05) is 19.0 Å². The minimum absolute atomic E-state index is 0.0932. The maximum absolute atomic E-state index is 11.9. The Morgan fingerprint density at radius 2 is 2.08 bits per heavy atom. The molecule has 0 unspecified atom stereocenters. The van der Waals surface area contributed by atoms with E-state index in [0.29, 0.717) is 31.2 Å². The summed E-state index contributed by atoms with van der Waals surface area (Å²) in [5.41, 5.74) is 1.50. The second-order valence-electron chi connectivity index (χ2n) is 5.38. The van der Waals surface area contributed by atoms with Crippen molar-refractivity contribution in [1.82, 2.24) is 30.3 Å². The molecule has 3 rings (SSSR count). The van der Waals surface area contributed by atoms with Crippen molar-refractivity contribution in [3.05, 3.63) is 54.6 Å². The first-order valence-electron chi connectivity index (χ1n) is 8.08. The lowest BCUT2D eigenvalue weighted by atomic mass is 10.3. The van der Waals surface area contributed by atoms with Gasteiger partial charge in [0.1, 0.15) is 11.4 Å². The van der Waals surface area contributed by atoms with Crippen LogP contribution in [0.15, 0.2) is 48.9 Å². The zero-order chi connectivity index (χ0) is 18.2. The number of benzene rings is 1. The molecule has 0 spiro atoms. The topological polar surface area (TPSA) is 107 Å². The second kappa shape index (κ2) is 8.56. The van der Waals surface area contributed by atoms with Gasteiger partial charge in [-0.3, -0.25) is 4.79 Å². The first kappa shape index (κ1) is 17.3. The van der Waals surface area contributed by atoms with E-state index >= 15 is 0 Å². The molecule has 0 aliphatic heterocycles. The summed E-state index contributed by atoms with van der Waals surface area (Å²) in [4.78, 5) is 20.0. The fourth-order valence-electron chi connectivity index (χ4n) is 2.21. The van der Waals surface area contributed by atoms with E-state index in [4.69, 9.17) is 4.74 Å². The third-order valence-electron chi connectivity index (χ3n) is 3.53. The monoisotopic (exact) mass is 353 g/mol. The van der Waals surface area contributed by atoms with E-state index in [9.17, 15) is 4.79 Å². The molecule has 2 aromatic heterocycles. The molecule has 0 bridgehead atoms. The molecule has 9 heteroatoms. The molecule has 1 aromatic carbocycles. The molecule has 0 saturated heterocycles. The Morgan fingerprint density at radius 1 is 1.23 bits per heavy atom. The number of ether oxygens (including phenoxy) is 1. The van der Waals surface area contributed by atoms with Crippen LogP contribution in [0.3, 0.4) is 0 Å². The third-order valence-corrected chi connectivity index (χ3v) is 3.53. The van der Waals surface area contributed by atoms with Gasteiger partial charge < -0.3 is 15.4 Å². The second-order valence-corrected chi connectivity index (χ2v) is 5.38. The number of carbonyl (C=O) groups excluding carboxylic acids is 1. The molecule has 0 atom stereocenters. The number of rotatable bonds is 8. The van der Waals surface area contributed by atoms with Crippen LogP contribution in [-0.2, 0) is 11.3 Å². The summed E-state index contributed by atoms with van der Waals surface area (Å²) in [6, 6.07) is 9.22. The number of carbonyl (C=O) groups is 1. The van der Waals surface area contributed by atoms with Gasteiger partial charge in [-0.15, -0.1) is 5.10 Å². The van der Waals surface area contributed by atoms with Gasteiger partial charge in [0.25, 0.3) is 0 Å². The summed E-state index contributed by atoms with van der Waals surface area (Å²) in [6.07, 6.45) is 5.36. The van der Waals surface area contributed by atoms with Gasteiger partial charge in [-0.25, -0.2) is 14.6 Å². The first-order valence-corrected chi connectivity index (χ1v) is 8.08. The number of nitrogens with one attached hydrogen (secondary N) is 2. The minimum atomic E-state index is -0.0932. The largest absolute Gasteiger partial charge is 0.497 e. The van der Waals surface area contributed by atoms with E-state index in [0.717, 1.165) is 11.4 Å². The zero-order valence-electron chi connectivity index (χ0n) is 14.3. The molecular weight excluding hydrogens is 334 g/mol. The molecule has 3 aromatic rings. The predicted molar refractivity (Wildman–Crippen MR) is 94.9 cm³/mol. The van der Waals surface area contributed by atoms with E-state index in [1.807, 2.05) is 24.3 Å². The van der Waals surface area contributed by atoms with Crippen LogP contribution >= 0.6 is 0 Å². The van der Waals surface area contributed by atoms with Crippen molar-refractivity contribution in [3.63, 3.8) is 0 Å². The lowest BCUT2D eigenvalue weighted by molar-refractivity contribution is -0.121. The standard InChI is InChI=1S/C17H19N7O2/c1-26-15-5-2-4-14(10-15)24-12-13(22-23-24)11-21-16(25)6-9-20-17-18-7-3-8-19-17/h2-5,7-8,10,12H,6,9,11H2,1H3,(H,21,25)(H,18,19,20). The van der Waals surface area contributed by atoms with E-state index in [2.05, 4.69) is 30.9 Å². The van der Waals surface area contributed by atoms with Crippen molar-refractivity contribution in [2.24, 2.45) is 0 Å². The Bertz CT molecular complexity index is 851. The van der Waals surface area contributed by atoms with E-state index < -0.39 is 0 Å². The summed E-state index contributed by atoms with van der Waals surface area (Å²) in [6.45, 7) is 0.761. The Morgan fingerprint density at radius 3 is 2.88 bits per heavy atom. The summed E-state index contributed by atoms with van der Waals surface area (Å²) in [5.74, 6) is 1.15. The number of nitrogens with zero attached hydrogens (tertiary/aromatic N) is 5. The van der Waals surface area contributed by atoms with Gasteiger partial charge in [0.2, 0.25) is 11.9 Å². The maximum atomic E-state index is 11.9. The van der Waals surface area contributed by atoms with Crippen LogP contribution in [-0.4, -0.2) is 44.5 Å². The molecule has 9 nitrogen and oxygen atoms in total. The average Bonchev–Trinajstić information content (AvgIpc) is 3.16. The molecule has 0 radical (unpaired) electrons. The van der Waals surface area contributed by atoms with Crippen LogP contribution in [0.2, 0.25) is 0 Å². The van der Waals surface area contributed by atoms with Crippen molar-refractivity contribution < 1.29 is 9.53 Å². The summed E-state index contributed by atoms with van der Waals surface area (Å²) < 4.78 is 6.84. The molecule has 2 N–H and O–H groups in total. The van der Waals surface area contributed by atoms with Crippen LogP contribution in [0.5, 0.6) is 5.75 Å². The summed E-state index contributed by atoms with van der Waals surface area (Å²) in [5, 5.41) is 13.9. The molecule has 0 saturated carbocycles. The number of hydrogen-bond donors (Lipinski definition) is 2. The molecular formula is C17H19N7O2. The van der Waals surface area contributed by atoms with Gasteiger partial charge in [0.05, 0.1) is 25.5 Å². The van der Waals surface area contributed by atoms with Crippen LogP contribution in [0, 0.1) is 0 Å². The summed E-state index contributed by atoms with van der Waals surface area (Å²) in [7, 11) is 1.61. The maximum Gasteiger partial charge on any atom is 0.222 e. The van der Waals surface area contributed by atoms with Crippen molar-refractivity contribution in [3.8, 4) is 11.4 Å². The number of amides is 1. The van der Waals surface area contributed by atoms with Crippen LogP contribution in [0.25, 0.3) is 5.69 Å². The van der Waals surface area contributed by atoms with Gasteiger partial charge >= 0.3 is 0 Å². The quantitative estimate of drug-likeness (QED) is 0.626. The van der Waals surface area contributed by atoms with Gasteiger partial charge in [-0.05, 0) is 18.2 Å². The predicted octanol–water partition coefficient (Wildman–Crippen LogP) is 1.18. The highest BCUT2D eigenvalue weighted by atomic mass is 16.5. The SMILES string of the molecule is COc1cccc(-n2cc(CNC(=O)CCNc3ncccn3)nn2)c1. The molecule has 0 aliphatic carbocycles. The third kappa shape index (κ3) is 4.76. The number of methoxy groups -OCH3 is 1. The Balaban J connectivity index is 1.46. The minimum Gasteiger partial charge on any atom is -0.497 e. The molecule has 0 aliphatic rings. The van der Waals surface area contributed by atoms with Crippen molar-refractivity contribution in [1.29, 1.82) is 0 Å². The smallest absolute Gasteiger partial charge is 0.222 e. The fourth-order valence-corrected chi connectivity index (χ4v) is 2.21. The number of hydrogen-bond acceptors (Lipinski definition) is 7. The van der Waals surface area contributed by atoms with Gasteiger partial charge in [0, 0.05) is 31.4 Å². The molecule has 26 heavy (non-hydrogen) atoms. The lowest BCUT2D eigenvalue weighted by Gasteiger charge is -2.05. The molecule has 134 valence electrons. The first-order chi connectivity index (χ1) is 12.7. The normalized spacial score (nSPS) is 10.3. The van der Waals surface area contributed by atoms with Gasteiger partial charge in [-0.2, -0.15) is 0 Å². The van der Waals surface area contributed by atoms with Crippen LogP contribution in [0.4, 0.5) is 5.95 Å². The van der Waals surface area contributed by atoms with Crippen molar-refractivity contribution >= 4 is 11.9 Å². The number of anilines is 1. The highest BCUT2D eigenvalue weighted by Gasteiger charge is 2.06. The Hall–Kier alpha value is -3.49. The molecule has 0 fully saturated rings. The van der Waals surface area contributed by atoms with Gasteiger partial charge in [-0.1, -0.05) is 11.3 Å².